The van der Waals surface area contributed by atoms with Crippen molar-refractivity contribution >= 4 is 17.4 Å². The van der Waals surface area contributed by atoms with Gasteiger partial charge in [0.15, 0.2) is 0 Å². The molecule has 1 aromatic heterocycles. The smallest absolute Gasteiger partial charge is 0.224 e. The average Bonchev–Trinajstić information content (AvgIpc) is 2.16. The maximum absolute atomic E-state index is 5.88. The van der Waals surface area contributed by atoms with Crippen LogP contribution in [0.4, 0.5) is 5.82 Å². The van der Waals surface area contributed by atoms with E-state index < -0.39 is 0 Å². The normalized spacial score (nSPS) is 15.2. The second kappa shape index (κ2) is 4.33. The number of hydrogen-bond acceptors (Lipinski definition) is 4. The van der Waals surface area contributed by atoms with Gasteiger partial charge in [-0.05, 0) is 25.4 Å². The highest BCUT2D eigenvalue weighted by atomic mass is 35.5. The lowest BCUT2D eigenvalue weighted by Gasteiger charge is -2.20. The first-order valence-electron chi connectivity index (χ1n) is 5.19. The number of halogens is 1. The SMILES string of the molecule is CC(C)Nc1nc(Cl)nc2c1CNCC2. The Morgan fingerprint density at radius 1 is 1.40 bits per heavy atom. The van der Waals surface area contributed by atoms with Gasteiger partial charge >= 0.3 is 0 Å². The molecule has 0 aliphatic carbocycles. The van der Waals surface area contributed by atoms with Crippen molar-refractivity contribution in [1.29, 1.82) is 0 Å². The van der Waals surface area contributed by atoms with Crippen molar-refractivity contribution in [2.75, 3.05) is 11.9 Å². The van der Waals surface area contributed by atoms with E-state index in [2.05, 4.69) is 34.4 Å². The molecule has 1 aliphatic rings. The van der Waals surface area contributed by atoms with E-state index in [1.165, 1.54) is 0 Å². The number of nitrogens with zero attached hydrogens (tertiary/aromatic N) is 2. The van der Waals surface area contributed by atoms with E-state index in [0.29, 0.717) is 11.3 Å². The van der Waals surface area contributed by atoms with Gasteiger partial charge in [0, 0.05) is 31.1 Å². The first-order valence-corrected chi connectivity index (χ1v) is 5.57. The Bertz CT molecular complexity index is 365. The molecule has 15 heavy (non-hydrogen) atoms. The van der Waals surface area contributed by atoms with Gasteiger partial charge in [0.05, 0.1) is 5.69 Å². The Labute approximate surface area is 94.5 Å². The monoisotopic (exact) mass is 226 g/mol. The Morgan fingerprint density at radius 2 is 2.20 bits per heavy atom. The van der Waals surface area contributed by atoms with E-state index in [4.69, 9.17) is 11.6 Å². The fraction of sp³-hybridized carbons (Fsp3) is 0.600. The van der Waals surface area contributed by atoms with Crippen molar-refractivity contribution in [3.05, 3.63) is 16.5 Å². The third-order valence-electron chi connectivity index (χ3n) is 2.33. The second-order valence-corrected chi connectivity index (χ2v) is 4.33. The summed E-state index contributed by atoms with van der Waals surface area (Å²) in [7, 11) is 0. The van der Waals surface area contributed by atoms with Crippen LogP contribution in [0.25, 0.3) is 0 Å². The molecule has 82 valence electrons. The van der Waals surface area contributed by atoms with Crippen LogP contribution in [0.5, 0.6) is 0 Å². The highest BCUT2D eigenvalue weighted by Crippen LogP contribution is 2.22. The maximum atomic E-state index is 5.88. The van der Waals surface area contributed by atoms with Crippen LogP contribution in [-0.4, -0.2) is 22.6 Å². The topological polar surface area (TPSA) is 49.8 Å². The summed E-state index contributed by atoms with van der Waals surface area (Å²) in [5.74, 6) is 0.868. The van der Waals surface area contributed by atoms with Gasteiger partial charge in [0.1, 0.15) is 5.82 Å². The lowest BCUT2D eigenvalue weighted by Crippen LogP contribution is -2.27. The molecule has 2 heterocycles. The molecule has 5 heteroatoms. The van der Waals surface area contributed by atoms with Gasteiger partial charge in [-0.25, -0.2) is 9.97 Å². The summed E-state index contributed by atoms with van der Waals surface area (Å²) in [6.07, 6.45) is 0.921. The van der Waals surface area contributed by atoms with Gasteiger partial charge in [-0.15, -0.1) is 0 Å². The highest BCUT2D eigenvalue weighted by Gasteiger charge is 2.17. The summed E-state index contributed by atoms with van der Waals surface area (Å²) >= 11 is 5.88. The largest absolute Gasteiger partial charge is 0.367 e. The van der Waals surface area contributed by atoms with Gasteiger partial charge in [0.2, 0.25) is 5.28 Å². The standard InChI is InChI=1S/C10H15ClN4/c1-6(2)13-9-7-5-12-4-3-8(7)14-10(11)15-9/h6,12H,3-5H2,1-2H3,(H,13,14,15). The minimum atomic E-state index is 0.332. The lowest BCUT2D eigenvalue weighted by atomic mass is 10.1. The minimum absolute atomic E-state index is 0.332. The maximum Gasteiger partial charge on any atom is 0.224 e. The van der Waals surface area contributed by atoms with Crippen LogP contribution in [-0.2, 0) is 13.0 Å². The predicted molar refractivity (Wildman–Crippen MR) is 61.2 cm³/mol. The van der Waals surface area contributed by atoms with E-state index in [1.54, 1.807) is 0 Å². The summed E-state index contributed by atoms with van der Waals surface area (Å²) in [4.78, 5) is 8.49. The molecule has 1 aromatic rings. The number of rotatable bonds is 2. The van der Waals surface area contributed by atoms with Gasteiger partial charge in [-0.3, -0.25) is 0 Å². The molecule has 0 spiro atoms. The van der Waals surface area contributed by atoms with Crippen molar-refractivity contribution in [2.45, 2.75) is 32.9 Å². The van der Waals surface area contributed by atoms with Crippen molar-refractivity contribution in [3.63, 3.8) is 0 Å². The summed E-state index contributed by atoms with van der Waals surface area (Å²) in [6.45, 7) is 5.94. The number of nitrogens with one attached hydrogen (secondary N) is 2. The number of fused-ring (bicyclic) bond motifs is 1. The second-order valence-electron chi connectivity index (χ2n) is 3.99. The van der Waals surface area contributed by atoms with Crippen LogP contribution in [0, 0.1) is 0 Å². The molecule has 0 atom stereocenters. The predicted octanol–water partition coefficient (Wildman–Crippen LogP) is 1.60. The Morgan fingerprint density at radius 3 is 2.93 bits per heavy atom. The van der Waals surface area contributed by atoms with Gasteiger partial charge in [-0.1, -0.05) is 0 Å². The fourth-order valence-electron chi connectivity index (χ4n) is 1.71. The van der Waals surface area contributed by atoms with Gasteiger partial charge < -0.3 is 10.6 Å². The molecule has 4 nitrogen and oxygen atoms in total. The first kappa shape index (κ1) is 10.6. The summed E-state index contributed by atoms with van der Waals surface area (Å²) in [5.41, 5.74) is 2.22. The highest BCUT2D eigenvalue weighted by molar-refractivity contribution is 6.28. The van der Waals surface area contributed by atoms with Crippen molar-refractivity contribution in [3.8, 4) is 0 Å². The van der Waals surface area contributed by atoms with Crippen LogP contribution in [0.1, 0.15) is 25.1 Å². The first-order chi connectivity index (χ1) is 7.16. The van der Waals surface area contributed by atoms with Crippen LogP contribution in [0.15, 0.2) is 0 Å². The molecule has 0 saturated heterocycles. The van der Waals surface area contributed by atoms with E-state index in [9.17, 15) is 0 Å². The van der Waals surface area contributed by atoms with Crippen LogP contribution in [0.3, 0.4) is 0 Å². The number of hydrogen-bond donors (Lipinski definition) is 2. The van der Waals surface area contributed by atoms with E-state index in [1.807, 2.05) is 0 Å². The van der Waals surface area contributed by atoms with E-state index in [0.717, 1.165) is 36.6 Å². The molecule has 0 unspecified atom stereocenters. The van der Waals surface area contributed by atoms with Crippen LogP contribution >= 0.6 is 11.6 Å². The molecule has 1 aliphatic heterocycles. The molecule has 2 rings (SSSR count). The zero-order valence-corrected chi connectivity index (χ0v) is 9.73. The summed E-state index contributed by atoms with van der Waals surface area (Å²) in [6, 6.07) is 0.349. The molecule has 0 saturated carbocycles. The van der Waals surface area contributed by atoms with Gasteiger partial charge in [-0.2, -0.15) is 0 Å². The van der Waals surface area contributed by atoms with Gasteiger partial charge in [0.25, 0.3) is 0 Å². The molecule has 0 aromatic carbocycles. The number of anilines is 1. The average molecular weight is 227 g/mol. The van der Waals surface area contributed by atoms with E-state index >= 15 is 0 Å². The molecular formula is C10H15ClN4. The van der Waals surface area contributed by atoms with Crippen LogP contribution < -0.4 is 10.6 Å². The Hall–Kier alpha value is -0.870. The van der Waals surface area contributed by atoms with Crippen LogP contribution in [0.2, 0.25) is 5.28 Å². The molecule has 2 N–H and O–H groups in total. The van der Waals surface area contributed by atoms with Crippen molar-refractivity contribution < 1.29 is 0 Å². The van der Waals surface area contributed by atoms with E-state index in [-0.39, 0.29) is 0 Å². The zero-order valence-electron chi connectivity index (χ0n) is 8.97. The quantitative estimate of drug-likeness (QED) is 0.753. The Balaban J connectivity index is 2.38. The Kier molecular flexibility index (Phi) is 3.07. The fourth-order valence-corrected chi connectivity index (χ4v) is 1.89. The third kappa shape index (κ3) is 2.38. The number of aromatic nitrogens is 2. The molecule has 0 bridgehead atoms. The zero-order chi connectivity index (χ0) is 10.8. The third-order valence-corrected chi connectivity index (χ3v) is 2.50. The molecule has 0 amide bonds. The van der Waals surface area contributed by atoms with Crippen molar-refractivity contribution in [2.24, 2.45) is 0 Å². The molecule has 0 radical (unpaired) electrons. The molecule has 0 fully saturated rings. The summed E-state index contributed by atoms with van der Waals surface area (Å²) in [5, 5.41) is 6.94. The minimum Gasteiger partial charge on any atom is -0.367 e. The lowest BCUT2D eigenvalue weighted by molar-refractivity contribution is 0.626. The summed E-state index contributed by atoms with van der Waals surface area (Å²) < 4.78 is 0. The molecular weight excluding hydrogens is 212 g/mol. The van der Waals surface area contributed by atoms with Crippen molar-refractivity contribution in [1.82, 2.24) is 15.3 Å².